The van der Waals surface area contributed by atoms with E-state index >= 15 is 0 Å². The Balaban J connectivity index is 1.77. The van der Waals surface area contributed by atoms with E-state index in [4.69, 9.17) is 10.5 Å². The Kier molecular flexibility index (Phi) is 7.92. The minimum atomic E-state index is -0.150. The third-order valence-electron chi connectivity index (χ3n) is 4.90. The van der Waals surface area contributed by atoms with Crippen LogP contribution < -0.4 is 15.8 Å². The van der Waals surface area contributed by atoms with Gasteiger partial charge in [-0.05, 0) is 44.5 Å². The summed E-state index contributed by atoms with van der Waals surface area (Å²) in [4.78, 5) is 13.2. The zero-order chi connectivity index (χ0) is 21.3. The van der Waals surface area contributed by atoms with Crippen LogP contribution in [0.4, 0.5) is 5.82 Å². The first-order valence-electron chi connectivity index (χ1n) is 10.5. The molecule has 0 saturated heterocycles. The van der Waals surface area contributed by atoms with Crippen molar-refractivity contribution in [3.05, 3.63) is 41.5 Å². The Hall–Kier alpha value is -2.78. The van der Waals surface area contributed by atoms with Gasteiger partial charge in [-0.2, -0.15) is 4.98 Å². The summed E-state index contributed by atoms with van der Waals surface area (Å²) < 4.78 is 7.57. The first-order chi connectivity index (χ1) is 14.6. The predicted octanol–water partition coefficient (Wildman–Crippen LogP) is 1.77. The summed E-state index contributed by atoms with van der Waals surface area (Å²) in [6.07, 6.45) is 8.41. The molecular formula is C21H31N7O2. The third-order valence-corrected chi connectivity index (χ3v) is 4.90. The molecule has 9 nitrogen and oxygen atoms in total. The molecule has 0 spiro atoms. The quantitative estimate of drug-likeness (QED) is 0.384. The van der Waals surface area contributed by atoms with Gasteiger partial charge in [-0.25, -0.2) is 9.50 Å². The number of fused-ring (bicyclic) bond motifs is 1. The van der Waals surface area contributed by atoms with Gasteiger partial charge >= 0.3 is 6.01 Å². The van der Waals surface area contributed by atoms with Crippen LogP contribution in [-0.4, -0.2) is 56.0 Å². The van der Waals surface area contributed by atoms with Gasteiger partial charge in [-0.1, -0.05) is 19.4 Å². The van der Waals surface area contributed by atoms with Crippen molar-refractivity contribution in [1.82, 2.24) is 29.9 Å². The van der Waals surface area contributed by atoms with Crippen molar-refractivity contribution in [2.45, 2.75) is 51.6 Å². The minimum absolute atomic E-state index is 0.0523. The summed E-state index contributed by atoms with van der Waals surface area (Å²) in [6, 6.07) is 4.35. The molecule has 1 atom stereocenters. The highest BCUT2D eigenvalue weighted by Crippen LogP contribution is 2.19. The number of hydrogen-bond donors (Lipinski definition) is 3. The molecule has 1 unspecified atom stereocenters. The molecule has 0 bridgehead atoms. The van der Waals surface area contributed by atoms with E-state index in [-0.39, 0.29) is 24.5 Å². The molecule has 3 heterocycles. The van der Waals surface area contributed by atoms with E-state index in [1.165, 1.54) is 0 Å². The number of hydrogen-bond acceptors (Lipinski definition) is 8. The number of nitrogens with zero attached hydrogens (tertiary/aromatic N) is 5. The van der Waals surface area contributed by atoms with Crippen LogP contribution in [0.2, 0.25) is 0 Å². The third kappa shape index (κ3) is 5.64. The first kappa shape index (κ1) is 21.9. The van der Waals surface area contributed by atoms with Crippen molar-refractivity contribution < 1.29 is 9.84 Å². The number of aliphatic hydroxyl groups is 1. The van der Waals surface area contributed by atoms with Gasteiger partial charge in [-0.15, -0.1) is 5.10 Å². The van der Waals surface area contributed by atoms with E-state index < -0.39 is 0 Å². The maximum absolute atomic E-state index is 9.25. The highest BCUT2D eigenvalue weighted by Gasteiger charge is 2.16. The van der Waals surface area contributed by atoms with Crippen molar-refractivity contribution in [1.29, 1.82) is 0 Å². The van der Waals surface area contributed by atoms with Crippen molar-refractivity contribution in [3.8, 4) is 6.01 Å². The van der Waals surface area contributed by atoms with Crippen molar-refractivity contribution in [2.75, 3.05) is 25.9 Å². The second-order valence-corrected chi connectivity index (χ2v) is 7.35. The van der Waals surface area contributed by atoms with Gasteiger partial charge < -0.3 is 20.9 Å². The zero-order valence-electron chi connectivity index (χ0n) is 17.7. The van der Waals surface area contributed by atoms with Crippen LogP contribution in [0.3, 0.4) is 0 Å². The summed E-state index contributed by atoms with van der Waals surface area (Å²) in [5, 5.41) is 16.9. The van der Waals surface area contributed by atoms with Crippen molar-refractivity contribution in [3.63, 3.8) is 0 Å². The van der Waals surface area contributed by atoms with E-state index in [0.29, 0.717) is 18.5 Å². The standard InChI is InChI=1S/C21H31N7O2/c1-3-5-18(9-11-29)30-21-26-19(22)20-25-14-17(28(20)27-21)12-15-7-8-16(24-13-15)6-4-10-23-2/h7-8,13-14,18,23,29H,3-6,9-12H2,1-2H3,(H2,22,26,27). The highest BCUT2D eigenvalue weighted by molar-refractivity contribution is 5.59. The van der Waals surface area contributed by atoms with Gasteiger partial charge in [-0.3, -0.25) is 4.98 Å². The fourth-order valence-electron chi connectivity index (χ4n) is 3.34. The summed E-state index contributed by atoms with van der Waals surface area (Å²) in [6.45, 7) is 3.10. The second-order valence-electron chi connectivity index (χ2n) is 7.35. The largest absolute Gasteiger partial charge is 0.459 e. The summed E-state index contributed by atoms with van der Waals surface area (Å²) in [7, 11) is 1.95. The first-order valence-corrected chi connectivity index (χ1v) is 10.5. The van der Waals surface area contributed by atoms with Crippen LogP contribution in [0.25, 0.3) is 5.65 Å². The zero-order valence-corrected chi connectivity index (χ0v) is 17.7. The van der Waals surface area contributed by atoms with E-state index in [1.807, 2.05) is 13.2 Å². The highest BCUT2D eigenvalue weighted by atomic mass is 16.5. The Morgan fingerprint density at radius 2 is 2.10 bits per heavy atom. The van der Waals surface area contributed by atoms with E-state index in [1.54, 1.807) is 10.7 Å². The van der Waals surface area contributed by atoms with Gasteiger partial charge in [0.2, 0.25) is 0 Å². The monoisotopic (exact) mass is 413 g/mol. The molecule has 9 heteroatoms. The molecule has 0 fully saturated rings. The van der Waals surface area contributed by atoms with E-state index in [0.717, 1.165) is 49.2 Å². The summed E-state index contributed by atoms with van der Waals surface area (Å²) in [5.74, 6) is 0.267. The van der Waals surface area contributed by atoms with Crippen molar-refractivity contribution >= 4 is 11.5 Å². The molecule has 3 rings (SSSR count). The van der Waals surface area contributed by atoms with Gasteiger partial charge in [0.05, 0.1) is 11.9 Å². The maximum atomic E-state index is 9.25. The predicted molar refractivity (Wildman–Crippen MR) is 116 cm³/mol. The second kappa shape index (κ2) is 10.8. The molecule has 0 radical (unpaired) electrons. The number of aromatic nitrogens is 5. The molecule has 0 aliphatic carbocycles. The number of aliphatic hydroxyl groups excluding tert-OH is 1. The molecule has 30 heavy (non-hydrogen) atoms. The van der Waals surface area contributed by atoms with Crippen LogP contribution in [0, 0.1) is 0 Å². The van der Waals surface area contributed by atoms with Crippen LogP contribution in [0.15, 0.2) is 24.5 Å². The molecule has 4 N–H and O–H groups in total. The van der Waals surface area contributed by atoms with E-state index in [2.05, 4.69) is 44.4 Å². The lowest BCUT2D eigenvalue weighted by Gasteiger charge is -2.16. The Labute approximate surface area is 176 Å². The van der Waals surface area contributed by atoms with Gasteiger partial charge in [0, 0.05) is 31.3 Å². The number of nitrogens with one attached hydrogen (secondary N) is 1. The molecule has 0 aromatic carbocycles. The van der Waals surface area contributed by atoms with Crippen LogP contribution in [0.5, 0.6) is 6.01 Å². The lowest BCUT2D eigenvalue weighted by Crippen LogP contribution is -2.20. The van der Waals surface area contributed by atoms with Crippen LogP contribution >= 0.6 is 0 Å². The molecular weight excluding hydrogens is 382 g/mol. The lowest BCUT2D eigenvalue weighted by molar-refractivity contribution is 0.133. The molecule has 3 aromatic heterocycles. The number of aryl methyl sites for hydroxylation is 1. The van der Waals surface area contributed by atoms with Gasteiger partial charge in [0.1, 0.15) is 6.10 Å². The fourth-order valence-corrected chi connectivity index (χ4v) is 3.34. The number of ether oxygens (including phenoxy) is 1. The molecule has 3 aromatic rings. The number of nitrogens with two attached hydrogens (primary N) is 1. The maximum Gasteiger partial charge on any atom is 0.336 e. The Morgan fingerprint density at radius 1 is 1.23 bits per heavy atom. The average Bonchev–Trinajstić information content (AvgIpc) is 3.13. The molecule has 0 aliphatic rings. The summed E-state index contributed by atoms with van der Waals surface area (Å²) >= 11 is 0. The summed E-state index contributed by atoms with van der Waals surface area (Å²) in [5.41, 5.74) is 9.62. The lowest BCUT2D eigenvalue weighted by atomic mass is 10.1. The van der Waals surface area contributed by atoms with Gasteiger partial charge in [0.25, 0.3) is 0 Å². The smallest absolute Gasteiger partial charge is 0.336 e. The molecule has 0 amide bonds. The topological polar surface area (TPSA) is 123 Å². The average molecular weight is 414 g/mol. The number of imidazole rings is 1. The molecule has 0 saturated carbocycles. The van der Waals surface area contributed by atoms with Gasteiger partial charge in [0.15, 0.2) is 11.5 Å². The molecule has 162 valence electrons. The molecule has 0 aliphatic heterocycles. The minimum Gasteiger partial charge on any atom is -0.459 e. The SMILES string of the molecule is CCCC(CCO)Oc1nc(N)c2ncc(Cc3ccc(CCCNC)nc3)n2n1. The fraction of sp³-hybridized carbons (Fsp3) is 0.524. The number of pyridine rings is 1. The Morgan fingerprint density at radius 3 is 2.80 bits per heavy atom. The number of rotatable bonds is 12. The Bertz CT molecular complexity index is 921. The number of nitrogen functional groups attached to an aromatic ring is 1. The number of anilines is 1. The van der Waals surface area contributed by atoms with Crippen LogP contribution in [0.1, 0.15) is 49.6 Å². The van der Waals surface area contributed by atoms with Crippen LogP contribution in [-0.2, 0) is 12.8 Å². The van der Waals surface area contributed by atoms with E-state index in [9.17, 15) is 5.11 Å². The normalized spacial score (nSPS) is 12.4. The van der Waals surface area contributed by atoms with Crippen molar-refractivity contribution in [2.24, 2.45) is 0 Å².